The zero-order valence-corrected chi connectivity index (χ0v) is 13.3. The monoisotopic (exact) mass is 331 g/mol. The molecule has 1 aromatic rings. The highest BCUT2D eigenvalue weighted by Gasteiger charge is 2.40. The molecule has 0 spiro atoms. The molecule has 2 aliphatic heterocycles. The first kappa shape index (κ1) is 16.0. The molecule has 1 atom stereocenters. The molecule has 3 rings (SSSR count). The molecule has 1 fully saturated rings. The largest absolute Gasteiger partial charge is 0.497 e. The number of ether oxygens (including phenoxy) is 1. The highest BCUT2D eigenvalue weighted by atomic mass is 16.5. The Labute approximate surface area is 138 Å². The van der Waals surface area contributed by atoms with Gasteiger partial charge in [-0.1, -0.05) is 0 Å². The van der Waals surface area contributed by atoms with Gasteiger partial charge in [-0.15, -0.1) is 0 Å². The number of carbonyl (C=O) groups is 4. The van der Waals surface area contributed by atoms with Crippen LogP contribution >= 0.6 is 0 Å². The topological polar surface area (TPSA) is 105 Å². The van der Waals surface area contributed by atoms with Crippen molar-refractivity contribution in [3.8, 4) is 5.75 Å². The Kier molecular flexibility index (Phi) is 3.96. The summed E-state index contributed by atoms with van der Waals surface area (Å²) in [6.45, 7) is 1.57. The molecule has 1 aromatic carbocycles. The lowest BCUT2D eigenvalue weighted by molar-refractivity contribution is -0.137. The van der Waals surface area contributed by atoms with Gasteiger partial charge in [-0.25, -0.2) is 0 Å². The minimum atomic E-state index is -0.696. The lowest BCUT2D eigenvalue weighted by atomic mass is 10.0. The maximum absolute atomic E-state index is 12.7. The summed E-state index contributed by atoms with van der Waals surface area (Å²) < 4.78 is 5.18. The summed E-state index contributed by atoms with van der Waals surface area (Å²) >= 11 is 0. The number of rotatable bonds is 3. The predicted octanol–water partition coefficient (Wildman–Crippen LogP) is 0.415. The van der Waals surface area contributed by atoms with Crippen LogP contribution in [-0.4, -0.2) is 41.7 Å². The lowest BCUT2D eigenvalue weighted by Gasteiger charge is -2.29. The molecule has 1 unspecified atom stereocenters. The second-order valence-electron chi connectivity index (χ2n) is 5.78. The van der Waals surface area contributed by atoms with E-state index < -0.39 is 11.9 Å². The van der Waals surface area contributed by atoms with Gasteiger partial charge in [-0.2, -0.15) is 0 Å². The number of hydrogen-bond donors (Lipinski definition) is 2. The predicted molar refractivity (Wildman–Crippen MR) is 83.3 cm³/mol. The molecule has 1 saturated heterocycles. The van der Waals surface area contributed by atoms with Crippen LogP contribution < -0.4 is 15.4 Å². The summed E-state index contributed by atoms with van der Waals surface area (Å²) in [5.41, 5.74) is 1.52. The van der Waals surface area contributed by atoms with E-state index in [1.54, 1.807) is 12.1 Å². The van der Waals surface area contributed by atoms with Crippen LogP contribution in [0, 0.1) is 0 Å². The number of carbonyl (C=O) groups excluding carboxylic acids is 4. The van der Waals surface area contributed by atoms with E-state index in [0.717, 1.165) is 0 Å². The van der Waals surface area contributed by atoms with Gasteiger partial charge in [0.25, 0.3) is 5.91 Å². The van der Waals surface area contributed by atoms with E-state index in [2.05, 4.69) is 10.6 Å². The van der Waals surface area contributed by atoms with Crippen molar-refractivity contribution in [3.63, 3.8) is 0 Å². The van der Waals surface area contributed by atoms with Crippen molar-refractivity contribution < 1.29 is 23.9 Å². The minimum Gasteiger partial charge on any atom is -0.497 e. The standard InChI is InChI=1S/C16H17N3O5/c1-8(20)17-12-6-9(24-2)5-10-11(12)7-19(16(10)23)13-3-4-14(21)18-15(13)22/h5-6,13H,3-4,7H2,1-2H3,(H,17,20)(H,18,21,22). The molecular formula is C16H17N3O5. The van der Waals surface area contributed by atoms with Crippen molar-refractivity contribution in [2.75, 3.05) is 12.4 Å². The summed E-state index contributed by atoms with van der Waals surface area (Å²) in [4.78, 5) is 48.9. The van der Waals surface area contributed by atoms with Crippen LogP contribution in [0.3, 0.4) is 0 Å². The third-order valence-electron chi connectivity index (χ3n) is 4.18. The number of imide groups is 1. The fourth-order valence-electron chi connectivity index (χ4n) is 3.05. The molecule has 24 heavy (non-hydrogen) atoms. The van der Waals surface area contributed by atoms with Gasteiger partial charge in [-0.05, 0) is 12.5 Å². The Morgan fingerprint density at radius 2 is 2.08 bits per heavy atom. The fraction of sp³-hybridized carbons (Fsp3) is 0.375. The molecule has 0 bridgehead atoms. The Balaban J connectivity index is 1.95. The van der Waals surface area contributed by atoms with E-state index in [-0.39, 0.29) is 37.1 Å². The summed E-state index contributed by atoms with van der Waals surface area (Å²) in [5.74, 6) is -0.945. The first-order valence-corrected chi connectivity index (χ1v) is 7.54. The van der Waals surface area contributed by atoms with Crippen molar-refractivity contribution in [2.24, 2.45) is 0 Å². The zero-order chi connectivity index (χ0) is 17.4. The third kappa shape index (κ3) is 2.70. The van der Waals surface area contributed by atoms with E-state index in [4.69, 9.17) is 4.74 Å². The van der Waals surface area contributed by atoms with E-state index in [0.29, 0.717) is 22.6 Å². The third-order valence-corrected chi connectivity index (χ3v) is 4.18. The molecule has 2 N–H and O–H groups in total. The minimum absolute atomic E-state index is 0.193. The van der Waals surface area contributed by atoms with Crippen molar-refractivity contribution in [2.45, 2.75) is 32.4 Å². The number of nitrogens with one attached hydrogen (secondary N) is 2. The Morgan fingerprint density at radius 1 is 1.33 bits per heavy atom. The number of piperidine rings is 1. The molecule has 2 aliphatic rings. The summed E-state index contributed by atoms with van der Waals surface area (Å²) in [6, 6.07) is 2.54. The van der Waals surface area contributed by atoms with Gasteiger partial charge >= 0.3 is 0 Å². The van der Waals surface area contributed by atoms with Gasteiger partial charge in [0.1, 0.15) is 11.8 Å². The van der Waals surface area contributed by atoms with Gasteiger partial charge in [0.15, 0.2) is 0 Å². The Morgan fingerprint density at radius 3 is 2.71 bits per heavy atom. The van der Waals surface area contributed by atoms with Gasteiger partial charge in [0, 0.05) is 31.5 Å². The SMILES string of the molecule is COc1cc(NC(C)=O)c2c(c1)C(=O)N(C1CCC(=O)NC1=O)C2. The molecule has 0 radical (unpaired) electrons. The van der Waals surface area contributed by atoms with Crippen LogP contribution in [0.1, 0.15) is 35.7 Å². The summed E-state index contributed by atoms with van der Waals surface area (Å²) in [6.07, 6.45) is 0.482. The number of anilines is 1. The fourth-order valence-corrected chi connectivity index (χ4v) is 3.05. The van der Waals surface area contributed by atoms with Gasteiger partial charge in [0.2, 0.25) is 17.7 Å². The lowest BCUT2D eigenvalue weighted by Crippen LogP contribution is -2.52. The highest BCUT2D eigenvalue weighted by Crippen LogP contribution is 2.35. The zero-order valence-electron chi connectivity index (χ0n) is 13.3. The summed E-state index contributed by atoms with van der Waals surface area (Å²) in [5, 5.41) is 4.95. The van der Waals surface area contributed by atoms with Crippen molar-refractivity contribution in [1.82, 2.24) is 10.2 Å². The van der Waals surface area contributed by atoms with Crippen molar-refractivity contribution in [1.29, 1.82) is 0 Å². The van der Waals surface area contributed by atoms with E-state index in [9.17, 15) is 19.2 Å². The van der Waals surface area contributed by atoms with Crippen LogP contribution in [0.4, 0.5) is 5.69 Å². The smallest absolute Gasteiger partial charge is 0.255 e. The number of nitrogens with zero attached hydrogens (tertiary/aromatic N) is 1. The summed E-state index contributed by atoms with van der Waals surface area (Å²) in [7, 11) is 1.47. The van der Waals surface area contributed by atoms with Crippen LogP contribution in [0.5, 0.6) is 5.75 Å². The van der Waals surface area contributed by atoms with Gasteiger partial charge < -0.3 is 15.0 Å². The molecule has 2 heterocycles. The number of methoxy groups -OCH3 is 1. The van der Waals surface area contributed by atoms with Crippen molar-refractivity contribution >= 4 is 29.3 Å². The van der Waals surface area contributed by atoms with Crippen molar-refractivity contribution in [3.05, 3.63) is 23.3 Å². The molecular weight excluding hydrogens is 314 g/mol. The van der Waals surface area contributed by atoms with Crippen LogP contribution in [0.15, 0.2) is 12.1 Å². The molecule has 0 aromatic heterocycles. The molecule has 8 heteroatoms. The molecule has 0 aliphatic carbocycles. The van der Waals surface area contributed by atoms with Crippen LogP contribution in [0.2, 0.25) is 0 Å². The second-order valence-corrected chi connectivity index (χ2v) is 5.78. The average molecular weight is 331 g/mol. The average Bonchev–Trinajstić information content (AvgIpc) is 2.84. The first-order chi connectivity index (χ1) is 11.4. The maximum Gasteiger partial charge on any atom is 0.255 e. The van der Waals surface area contributed by atoms with Crippen LogP contribution in [0.25, 0.3) is 0 Å². The number of benzene rings is 1. The normalized spacial score (nSPS) is 19.8. The Bertz CT molecular complexity index is 758. The van der Waals surface area contributed by atoms with E-state index in [1.807, 2.05) is 0 Å². The quantitative estimate of drug-likeness (QED) is 0.781. The van der Waals surface area contributed by atoms with E-state index >= 15 is 0 Å². The Hall–Kier alpha value is -2.90. The van der Waals surface area contributed by atoms with Gasteiger partial charge in [0.05, 0.1) is 18.4 Å². The number of hydrogen-bond acceptors (Lipinski definition) is 5. The number of amides is 4. The first-order valence-electron chi connectivity index (χ1n) is 7.54. The van der Waals surface area contributed by atoms with Crippen LogP contribution in [-0.2, 0) is 20.9 Å². The maximum atomic E-state index is 12.7. The number of fused-ring (bicyclic) bond motifs is 1. The molecule has 4 amide bonds. The highest BCUT2D eigenvalue weighted by molar-refractivity contribution is 6.07. The second kappa shape index (κ2) is 5.95. The molecule has 0 saturated carbocycles. The molecule has 8 nitrogen and oxygen atoms in total. The van der Waals surface area contributed by atoms with Gasteiger partial charge in [-0.3, -0.25) is 24.5 Å². The van der Waals surface area contributed by atoms with E-state index in [1.165, 1.54) is 18.9 Å². The molecule has 126 valence electrons.